The molecule has 0 aliphatic carbocycles. The van der Waals surface area contributed by atoms with Gasteiger partial charge in [0.25, 0.3) is 0 Å². The summed E-state index contributed by atoms with van der Waals surface area (Å²) in [6, 6.07) is 19.7. The third kappa shape index (κ3) is 4.28. The summed E-state index contributed by atoms with van der Waals surface area (Å²) in [6.45, 7) is 5.66. The van der Waals surface area contributed by atoms with E-state index in [1.807, 2.05) is 73.0 Å². The fourth-order valence-electron chi connectivity index (χ4n) is 2.90. The first kappa shape index (κ1) is 19.9. The van der Waals surface area contributed by atoms with Crippen LogP contribution in [0.1, 0.15) is 18.2 Å². The van der Waals surface area contributed by atoms with E-state index in [1.54, 1.807) is 13.0 Å². The minimum absolute atomic E-state index is 0.198. The summed E-state index contributed by atoms with van der Waals surface area (Å²) in [5, 5.41) is 15.5. The molecule has 1 amide bonds. The van der Waals surface area contributed by atoms with Gasteiger partial charge in [0.2, 0.25) is 11.8 Å². The number of aryl methyl sites for hydroxylation is 2. The molecular weight excluding hydrogens is 398 g/mol. The smallest absolute Gasteiger partial charge is 0.240 e. The number of anilines is 1. The number of amides is 1. The summed E-state index contributed by atoms with van der Waals surface area (Å²) in [6.07, 6.45) is 0. The van der Waals surface area contributed by atoms with Crippen molar-refractivity contribution in [1.82, 2.24) is 19.9 Å². The molecule has 1 N–H and O–H groups in total. The van der Waals surface area contributed by atoms with Crippen molar-refractivity contribution in [3.63, 3.8) is 0 Å². The number of hydrogen-bond acceptors (Lipinski definition) is 6. The molecule has 0 saturated heterocycles. The fraction of sp³-hybridized carbons (Fsp3) is 0.182. The van der Waals surface area contributed by atoms with Crippen LogP contribution in [0.4, 0.5) is 5.88 Å². The summed E-state index contributed by atoms with van der Waals surface area (Å²) in [5.41, 5.74) is 3.76. The molecule has 8 heteroatoms. The molecule has 0 radical (unpaired) electrons. The molecule has 0 fully saturated rings. The van der Waals surface area contributed by atoms with Crippen LogP contribution < -0.4 is 5.32 Å². The maximum absolute atomic E-state index is 12.6. The Morgan fingerprint density at radius 3 is 2.47 bits per heavy atom. The minimum atomic E-state index is -0.424. The molecule has 7 nitrogen and oxygen atoms in total. The largest absolute Gasteiger partial charge is 0.338 e. The standard InChI is InChI=1S/C22H21N5O2S/c1-14-9-11-18(12-10-14)27-20(17-7-5-4-6-8-17)24-25-22(27)30-16(3)21(28)23-19-13-15(2)26-29-19/h4-13,16H,1-3H3,(H,23,28). The Bertz CT molecular complexity index is 1150. The van der Waals surface area contributed by atoms with Crippen molar-refractivity contribution in [2.24, 2.45) is 0 Å². The normalized spacial score (nSPS) is 12.0. The average Bonchev–Trinajstić information content (AvgIpc) is 3.35. The van der Waals surface area contributed by atoms with E-state index in [0.29, 0.717) is 16.7 Å². The molecular formula is C22H21N5O2S. The van der Waals surface area contributed by atoms with Crippen LogP contribution >= 0.6 is 11.8 Å². The van der Waals surface area contributed by atoms with Crippen LogP contribution in [0.3, 0.4) is 0 Å². The van der Waals surface area contributed by atoms with Gasteiger partial charge in [-0.15, -0.1) is 10.2 Å². The molecule has 0 aliphatic rings. The highest BCUT2D eigenvalue weighted by atomic mass is 32.2. The van der Waals surface area contributed by atoms with Gasteiger partial charge in [0.15, 0.2) is 11.0 Å². The number of benzene rings is 2. The Balaban J connectivity index is 1.65. The highest BCUT2D eigenvalue weighted by Crippen LogP contribution is 2.30. The molecule has 0 saturated carbocycles. The van der Waals surface area contributed by atoms with Gasteiger partial charge >= 0.3 is 0 Å². The number of nitrogens with zero attached hydrogens (tertiary/aromatic N) is 4. The first-order chi connectivity index (χ1) is 14.5. The predicted molar refractivity (Wildman–Crippen MR) is 117 cm³/mol. The van der Waals surface area contributed by atoms with Crippen molar-refractivity contribution in [2.75, 3.05) is 5.32 Å². The second-order valence-electron chi connectivity index (χ2n) is 6.93. The van der Waals surface area contributed by atoms with E-state index in [2.05, 4.69) is 20.7 Å². The zero-order valence-electron chi connectivity index (χ0n) is 16.9. The maximum atomic E-state index is 12.6. The van der Waals surface area contributed by atoms with Gasteiger partial charge < -0.3 is 4.52 Å². The van der Waals surface area contributed by atoms with E-state index >= 15 is 0 Å². The van der Waals surface area contributed by atoms with Gasteiger partial charge in [0.05, 0.1) is 10.9 Å². The Hall–Kier alpha value is -3.39. The number of carbonyl (C=O) groups excluding carboxylic acids is 1. The van der Waals surface area contributed by atoms with Gasteiger partial charge in [-0.25, -0.2) is 0 Å². The molecule has 4 aromatic rings. The first-order valence-corrected chi connectivity index (χ1v) is 10.4. The summed E-state index contributed by atoms with van der Waals surface area (Å²) in [5.74, 6) is 0.853. The van der Waals surface area contributed by atoms with Crippen molar-refractivity contribution < 1.29 is 9.32 Å². The number of nitrogens with one attached hydrogen (secondary N) is 1. The van der Waals surface area contributed by atoms with Crippen LogP contribution in [-0.2, 0) is 4.79 Å². The predicted octanol–water partition coefficient (Wildman–Crippen LogP) is 4.66. The van der Waals surface area contributed by atoms with Gasteiger partial charge in [0.1, 0.15) is 0 Å². The molecule has 0 bridgehead atoms. The highest BCUT2D eigenvalue weighted by molar-refractivity contribution is 8.00. The molecule has 4 rings (SSSR count). The van der Waals surface area contributed by atoms with E-state index in [9.17, 15) is 4.79 Å². The molecule has 2 aromatic carbocycles. The van der Waals surface area contributed by atoms with Crippen molar-refractivity contribution >= 4 is 23.6 Å². The van der Waals surface area contributed by atoms with Crippen molar-refractivity contribution in [3.8, 4) is 17.1 Å². The van der Waals surface area contributed by atoms with Crippen molar-refractivity contribution in [1.29, 1.82) is 0 Å². The molecule has 0 spiro atoms. The molecule has 0 aliphatic heterocycles. The van der Waals surface area contributed by atoms with Gasteiger partial charge in [-0.3, -0.25) is 14.7 Å². The zero-order valence-corrected chi connectivity index (χ0v) is 17.7. The van der Waals surface area contributed by atoms with Gasteiger partial charge in [0, 0.05) is 17.3 Å². The molecule has 152 valence electrons. The summed E-state index contributed by atoms with van der Waals surface area (Å²) in [7, 11) is 0. The first-order valence-electron chi connectivity index (χ1n) is 9.50. The lowest BCUT2D eigenvalue weighted by Crippen LogP contribution is -2.22. The Kier molecular flexibility index (Phi) is 5.67. The van der Waals surface area contributed by atoms with Crippen LogP contribution in [-0.4, -0.2) is 31.1 Å². The van der Waals surface area contributed by atoms with E-state index in [0.717, 1.165) is 22.6 Å². The number of hydrogen-bond donors (Lipinski definition) is 1. The molecule has 2 aromatic heterocycles. The van der Waals surface area contributed by atoms with Gasteiger partial charge in [-0.05, 0) is 32.9 Å². The fourth-order valence-corrected chi connectivity index (χ4v) is 3.77. The molecule has 1 unspecified atom stereocenters. The number of carbonyl (C=O) groups is 1. The lowest BCUT2D eigenvalue weighted by molar-refractivity contribution is -0.115. The SMILES string of the molecule is Cc1ccc(-n2c(SC(C)C(=O)Nc3cc(C)no3)nnc2-c2ccccc2)cc1. The lowest BCUT2D eigenvalue weighted by Gasteiger charge is -2.13. The Labute approximate surface area is 178 Å². The minimum Gasteiger partial charge on any atom is -0.338 e. The van der Waals surface area contributed by atoms with E-state index in [-0.39, 0.29) is 5.91 Å². The highest BCUT2D eigenvalue weighted by Gasteiger charge is 2.22. The third-order valence-electron chi connectivity index (χ3n) is 4.48. The maximum Gasteiger partial charge on any atom is 0.240 e. The monoisotopic (exact) mass is 419 g/mol. The topological polar surface area (TPSA) is 85.8 Å². The lowest BCUT2D eigenvalue weighted by atomic mass is 10.2. The van der Waals surface area contributed by atoms with Crippen LogP contribution in [0.25, 0.3) is 17.1 Å². The zero-order chi connectivity index (χ0) is 21.1. The molecule has 30 heavy (non-hydrogen) atoms. The number of thioether (sulfide) groups is 1. The van der Waals surface area contributed by atoms with Crippen LogP contribution in [0.5, 0.6) is 0 Å². The van der Waals surface area contributed by atoms with E-state index in [1.165, 1.54) is 11.8 Å². The second kappa shape index (κ2) is 8.54. The van der Waals surface area contributed by atoms with Crippen molar-refractivity contribution in [2.45, 2.75) is 31.2 Å². The van der Waals surface area contributed by atoms with E-state index in [4.69, 9.17) is 4.52 Å². The van der Waals surface area contributed by atoms with Gasteiger partial charge in [-0.2, -0.15) is 0 Å². The second-order valence-corrected chi connectivity index (χ2v) is 8.23. The van der Waals surface area contributed by atoms with Gasteiger partial charge in [-0.1, -0.05) is 64.9 Å². The Morgan fingerprint density at radius 1 is 1.07 bits per heavy atom. The summed E-state index contributed by atoms with van der Waals surface area (Å²) < 4.78 is 7.05. The van der Waals surface area contributed by atoms with Crippen LogP contribution in [0, 0.1) is 13.8 Å². The third-order valence-corrected chi connectivity index (χ3v) is 5.53. The van der Waals surface area contributed by atoms with Crippen LogP contribution in [0.2, 0.25) is 0 Å². The summed E-state index contributed by atoms with van der Waals surface area (Å²) in [4.78, 5) is 12.6. The average molecular weight is 420 g/mol. The number of aromatic nitrogens is 4. The van der Waals surface area contributed by atoms with Crippen LogP contribution in [0.15, 0.2) is 70.3 Å². The Morgan fingerprint density at radius 2 is 1.80 bits per heavy atom. The van der Waals surface area contributed by atoms with E-state index < -0.39 is 5.25 Å². The quantitative estimate of drug-likeness (QED) is 0.458. The number of rotatable bonds is 6. The molecule has 2 heterocycles. The van der Waals surface area contributed by atoms with Crippen molar-refractivity contribution in [3.05, 3.63) is 71.9 Å². The molecule has 1 atom stereocenters. The summed E-state index contributed by atoms with van der Waals surface area (Å²) >= 11 is 1.33.